The molecule has 1 amide bonds. The Kier molecular flexibility index (Phi) is 6.32. The quantitative estimate of drug-likeness (QED) is 0.859. The van der Waals surface area contributed by atoms with Crippen LogP contribution in [0.2, 0.25) is 10.0 Å². The van der Waals surface area contributed by atoms with Crippen molar-refractivity contribution in [3.8, 4) is 5.75 Å². The molecule has 1 aliphatic rings. The highest BCUT2D eigenvalue weighted by atomic mass is 35.5. The van der Waals surface area contributed by atoms with Crippen molar-refractivity contribution in [2.45, 2.75) is 18.9 Å². The van der Waals surface area contributed by atoms with Gasteiger partial charge in [0.25, 0.3) is 5.91 Å². The molecule has 7 heteroatoms. The number of phenols is 1. The maximum Gasteiger partial charge on any atom is 0.255 e. The van der Waals surface area contributed by atoms with Gasteiger partial charge >= 0.3 is 0 Å². The molecule has 1 aromatic carbocycles. The SMILES string of the molecule is COCC(NC(=O)c1cc(Cl)cc(Cl)c1O)C1CCOCC1. The highest BCUT2D eigenvalue weighted by molar-refractivity contribution is 6.36. The van der Waals surface area contributed by atoms with E-state index in [0.717, 1.165) is 12.8 Å². The van der Waals surface area contributed by atoms with Gasteiger partial charge in [0.1, 0.15) is 5.75 Å². The van der Waals surface area contributed by atoms with E-state index >= 15 is 0 Å². The van der Waals surface area contributed by atoms with Crippen LogP contribution in [0.15, 0.2) is 12.1 Å². The molecular weight excluding hydrogens is 329 g/mol. The first kappa shape index (κ1) is 17.3. The van der Waals surface area contributed by atoms with E-state index in [0.29, 0.717) is 24.8 Å². The zero-order chi connectivity index (χ0) is 16.1. The number of hydrogen-bond acceptors (Lipinski definition) is 4. The molecule has 22 heavy (non-hydrogen) atoms. The van der Waals surface area contributed by atoms with E-state index in [1.807, 2.05) is 0 Å². The molecule has 0 bridgehead atoms. The van der Waals surface area contributed by atoms with Crippen LogP contribution in [0, 0.1) is 5.92 Å². The zero-order valence-corrected chi connectivity index (χ0v) is 13.8. The number of ether oxygens (including phenoxy) is 2. The van der Waals surface area contributed by atoms with Gasteiger partial charge in [0.05, 0.1) is 23.2 Å². The van der Waals surface area contributed by atoms with Crippen LogP contribution in [0.3, 0.4) is 0 Å². The molecule has 2 N–H and O–H groups in total. The largest absolute Gasteiger partial charge is 0.506 e. The summed E-state index contributed by atoms with van der Waals surface area (Å²) >= 11 is 11.7. The van der Waals surface area contributed by atoms with Crippen molar-refractivity contribution in [2.75, 3.05) is 26.9 Å². The van der Waals surface area contributed by atoms with E-state index < -0.39 is 5.91 Å². The van der Waals surface area contributed by atoms with Crippen LogP contribution in [0.4, 0.5) is 0 Å². The van der Waals surface area contributed by atoms with Crippen molar-refractivity contribution in [1.29, 1.82) is 0 Å². The Morgan fingerprint density at radius 3 is 2.77 bits per heavy atom. The van der Waals surface area contributed by atoms with E-state index in [1.165, 1.54) is 12.1 Å². The van der Waals surface area contributed by atoms with Crippen molar-refractivity contribution in [1.82, 2.24) is 5.32 Å². The Bertz CT molecular complexity index is 533. The molecule has 1 aliphatic heterocycles. The Hall–Kier alpha value is -1.01. The standard InChI is InChI=1S/C15H19Cl2NO4/c1-21-8-13(9-2-4-22-5-3-9)18-15(20)11-6-10(16)7-12(17)14(11)19/h6-7,9,13,19H,2-5,8H2,1H3,(H,18,20). The van der Waals surface area contributed by atoms with Gasteiger partial charge in [-0.2, -0.15) is 0 Å². The van der Waals surface area contributed by atoms with E-state index in [9.17, 15) is 9.90 Å². The molecule has 1 heterocycles. The lowest BCUT2D eigenvalue weighted by Gasteiger charge is -2.30. The summed E-state index contributed by atoms with van der Waals surface area (Å²) in [6.45, 7) is 1.75. The fourth-order valence-electron chi connectivity index (χ4n) is 2.58. The Labute approximate surface area is 139 Å². The fraction of sp³-hybridized carbons (Fsp3) is 0.533. The van der Waals surface area contributed by atoms with E-state index in [2.05, 4.69) is 5.32 Å². The van der Waals surface area contributed by atoms with Gasteiger partial charge in [-0.05, 0) is 30.9 Å². The first-order valence-electron chi connectivity index (χ1n) is 7.08. The van der Waals surface area contributed by atoms with Gasteiger partial charge < -0.3 is 19.9 Å². The molecule has 1 unspecified atom stereocenters. The molecule has 5 nitrogen and oxygen atoms in total. The summed E-state index contributed by atoms with van der Waals surface area (Å²) in [4.78, 5) is 12.4. The van der Waals surface area contributed by atoms with E-state index in [-0.39, 0.29) is 28.3 Å². The van der Waals surface area contributed by atoms with Crippen molar-refractivity contribution in [2.24, 2.45) is 5.92 Å². The Morgan fingerprint density at radius 1 is 1.45 bits per heavy atom. The molecule has 0 saturated carbocycles. The maximum absolute atomic E-state index is 12.4. The lowest BCUT2D eigenvalue weighted by atomic mass is 9.92. The number of aromatic hydroxyl groups is 1. The minimum absolute atomic E-state index is 0.0482. The highest BCUT2D eigenvalue weighted by Gasteiger charge is 2.27. The van der Waals surface area contributed by atoms with Crippen LogP contribution in [0.1, 0.15) is 23.2 Å². The minimum Gasteiger partial charge on any atom is -0.506 e. The summed E-state index contributed by atoms with van der Waals surface area (Å²) in [7, 11) is 1.59. The Morgan fingerprint density at radius 2 is 2.14 bits per heavy atom. The third-order valence-corrected chi connectivity index (χ3v) is 4.28. The summed E-state index contributed by atoms with van der Waals surface area (Å²) < 4.78 is 10.5. The average Bonchev–Trinajstić information content (AvgIpc) is 2.51. The smallest absolute Gasteiger partial charge is 0.255 e. The van der Waals surface area contributed by atoms with Gasteiger partial charge in [-0.1, -0.05) is 23.2 Å². The summed E-state index contributed by atoms with van der Waals surface area (Å²) in [6, 6.07) is 2.63. The number of halogens is 2. The second-order valence-electron chi connectivity index (χ2n) is 5.27. The first-order chi connectivity index (χ1) is 10.5. The van der Waals surface area contributed by atoms with Gasteiger partial charge in [0, 0.05) is 25.3 Å². The second-order valence-corrected chi connectivity index (χ2v) is 6.11. The van der Waals surface area contributed by atoms with Crippen LogP contribution in [0.5, 0.6) is 5.75 Å². The van der Waals surface area contributed by atoms with Crippen molar-refractivity contribution in [3.63, 3.8) is 0 Å². The summed E-state index contributed by atoms with van der Waals surface area (Å²) in [5, 5.41) is 13.2. The molecule has 1 aromatic rings. The van der Waals surface area contributed by atoms with Gasteiger partial charge in [-0.3, -0.25) is 4.79 Å². The minimum atomic E-state index is -0.421. The van der Waals surface area contributed by atoms with Gasteiger partial charge in [-0.25, -0.2) is 0 Å². The average molecular weight is 348 g/mol. The van der Waals surface area contributed by atoms with Crippen molar-refractivity contribution >= 4 is 29.1 Å². The highest BCUT2D eigenvalue weighted by Crippen LogP contribution is 2.31. The summed E-state index contributed by atoms with van der Waals surface area (Å²) in [5.41, 5.74) is 0.0608. The van der Waals surface area contributed by atoms with Gasteiger partial charge in [0.15, 0.2) is 0 Å². The molecule has 0 spiro atoms. The number of phenolic OH excluding ortho intramolecular Hbond substituents is 1. The van der Waals surface area contributed by atoms with Crippen LogP contribution >= 0.6 is 23.2 Å². The summed E-state index contributed by atoms with van der Waals surface area (Å²) in [6.07, 6.45) is 1.72. The number of methoxy groups -OCH3 is 1. The summed E-state index contributed by atoms with van der Waals surface area (Å²) in [5.74, 6) is -0.420. The predicted molar refractivity (Wildman–Crippen MR) is 84.8 cm³/mol. The number of rotatable bonds is 5. The third-order valence-electron chi connectivity index (χ3n) is 3.77. The number of benzene rings is 1. The van der Waals surface area contributed by atoms with E-state index in [1.54, 1.807) is 7.11 Å². The number of carbonyl (C=O) groups excluding carboxylic acids is 1. The Balaban J connectivity index is 2.13. The monoisotopic (exact) mass is 347 g/mol. The number of hydrogen-bond donors (Lipinski definition) is 2. The van der Waals surface area contributed by atoms with Crippen LogP contribution < -0.4 is 5.32 Å². The van der Waals surface area contributed by atoms with Crippen molar-refractivity contribution in [3.05, 3.63) is 27.7 Å². The fourth-order valence-corrected chi connectivity index (χ4v) is 3.07. The maximum atomic E-state index is 12.4. The zero-order valence-electron chi connectivity index (χ0n) is 12.3. The third kappa shape index (κ3) is 4.26. The molecule has 1 saturated heterocycles. The topological polar surface area (TPSA) is 67.8 Å². The number of amides is 1. The van der Waals surface area contributed by atoms with Gasteiger partial charge in [0.2, 0.25) is 0 Å². The van der Waals surface area contributed by atoms with Crippen LogP contribution in [-0.4, -0.2) is 44.0 Å². The first-order valence-corrected chi connectivity index (χ1v) is 7.84. The normalized spacial score (nSPS) is 17.2. The van der Waals surface area contributed by atoms with Crippen molar-refractivity contribution < 1.29 is 19.4 Å². The lowest BCUT2D eigenvalue weighted by Crippen LogP contribution is -2.45. The van der Waals surface area contributed by atoms with E-state index in [4.69, 9.17) is 32.7 Å². The van der Waals surface area contributed by atoms with Crippen LogP contribution in [-0.2, 0) is 9.47 Å². The molecule has 2 rings (SSSR count). The molecule has 122 valence electrons. The molecule has 0 aliphatic carbocycles. The molecule has 0 radical (unpaired) electrons. The number of carbonyl (C=O) groups is 1. The molecule has 1 fully saturated rings. The molecular formula is C15H19Cl2NO4. The molecule has 1 atom stereocenters. The predicted octanol–water partition coefficient (Wildman–Crippen LogP) is 2.87. The molecule has 0 aromatic heterocycles. The second kappa shape index (κ2) is 8.02. The van der Waals surface area contributed by atoms with Gasteiger partial charge in [-0.15, -0.1) is 0 Å². The lowest BCUT2D eigenvalue weighted by molar-refractivity contribution is 0.0361. The van der Waals surface area contributed by atoms with Crippen LogP contribution in [0.25, 0.3) is 0 Å². The number of nitrogens with one attached hydrogen (secondary N) is 1.